The standard InChI is InChI=1S/C26H43N9O6/c27-13-5-4-9-17(28)22(37)33-19(11-12-21(29)36)24(39)34-18(10-6-14-32-26(30)31)23(38)35-20(25(40)41)15-16-7-2-1-3-8-16/h1-3,7-8,17-20H,4-6,9-15,27-28H2,(H2,29,36)(H,33,37)(H,34,39)(H,35,38)(H,40,41)(H4,30,31,32). The van der Waals surface area contributed by atoms with E-state index in [0.29, 0.717) is 31.4 Å². The molecule has 15 heteroatoms. The summed E-state index contributed by atoms with van der Waals surface area (Å²) in [5.74, 6) is -4.25. The second-order valence-electron chi connectivity index (χ2n) is 9.56. The molecule has 0 fully saturated rings. The molecule has 0 aliphatic carbocycles. The second kappa shape index (κ2) is 18.9. The lowest BCUT2D eigenvalue weighted by atomic mass is 10.0. The maximum Gasteiger partial charge on any atom is 0.326 e. The number of guanidine groups is 1. The number of primary amides is 1. The lowest BCUT2D eigenvalue weighted by Crippen LogP contribution is -2.57. The topological polar surface area (TPSA) is 284 Å². The van der Waals surface area contributed by atoms with Gasteiger partial charge in [-0.05, 0) is 44.2 Å². The monoisotopic (exact) mass is 577 g/mol. The molecule has 14 N–H and O–H groups in total. The fraction of sp³-hybridized carbons (Fsp3) is 0.538. The Labute approximate surface area is 239 Å². The number of carboxylic acids is 1. The number of amides is 4. The van der Waals surface area contributed by atoms with Crippen molar-refractivity contribution >= 4 is 35.6 Å². The van der Waals surface area contributed by atoms with E-state index in [1.165, 1.54) is 0 Å². The number of carboxylic acid groups (broad SMARTS) is 1. The molecule has 228 valence electrons. The number of carbonyl (C=O) groups excluding carboxylic acids is 4. The van der Waals surface area contributed by atoms with Crippen LogP contribution in [0.1, 0.15) is 50.5 Å². The van der Waals surface area contributed by atoms with Crippen LogP contribution in [-0.2, 0) is 30.4 Å². The van der Waals surface area contributed by atoms with Crippen LogP contribution in [0.25, 0.3) is 0 Å². The molecule has 41 heavy (non-hydrogen) atoms. The third kappa shape index (κ3) is 14.6. The molecule has 0 saturated heterocycles. The van der Waals surface area contributed by atoms with Gasteiger partial charge in [-0.2, -0.15) is 0 Å². The Balaban J connectivity index is 3.07. The van der Waals surface area contributed by atoms with Crippen LogP contribution in [-0.4, -0.2) is 77.9 Å². The van der Waals surface area contributed by atoms with Crippen molar-refractivity contribution in [3.8, 4) is 0 Å². The minimum Gasteiger partial charge on any atom is -0.480 e. The Morgan fingerprint density at radius 3 is 1.93 bits per heavy atom. The summed E-state index contributed by atoms with van der Waals surface area (Å²) in [6, 6.07) is 4.08. The predicted molar refractivity (Wildman–Crippen MR) is 153 cm³/mol. The summed E-state index contributed by atoms with van der Waals surface area (Å²) >= 11 is 0. The largest absolute Gasteiger partial charge is 0.480 e. The Hall–Kier alpha value is -4.24. The first-order valence-corrected chi connectivity index (χ1v) is 13.4. The normalized spacial score (nSPS) is 13.6. The molecule has 0 bridgehead atoms. The van der Waals surface area contributed by atoms with E-state index in [1.54, 1.807) is 30.3 Å². The Bertz CT molecular complexity index is 1030. The van der Waals surface area contributed by atoms with E-state index in [4.69, 9.17) is 28.7 Å². The summed E-state index contributed by atoms with van der Waals surface area (Å²) in [6.07, 6.45) is 1.56. The molecular formula is C26H43N9O6. The summed E-state index contributed by atoms with van der Waals surface area (Å²) in [6.45, 7) is 0.590. The number of benzene rings is 1. The summed E-state index contributed by atoms with van der Waals surface area (Å²) in [5.41, 5.74) is 28.0. The first-order valence-electron chi connectivity index (χ1n) is 13.4. The van der Waals surface area contributed by atoms with Gasteiger partial charge >= 0.3 is 5.97 Å². The van der Waals surface area contributed by atoms with Crippen LogP contribution < -0.4 is 44.6 Å². The molecule has 1 rings (SSSR count). The van der Waals surface area contributed by atoms with Crippen molar-refractivity contribution in [3.05, 3.63) is 35.9 Å². The highest BCUT2D eigenvalue weighted by atomic mass is 16.4. The van der Waals surface area contributed by atoms with Gasteiger partial charge in [0, 0.05) is 19.4 Å². The summed E-state index contributed by atoms with van der Waals surface area (Å²) < 4.78 is 0. The minimum absolute atomic E-state index is 0.00984. The van der Waals surface area contributed by atoms with Crippen molar-refractivity contribution < 1.29 is 29.1 Å². The number of rotatable bonds is 20. The summed E-state index contributed by atoms with van der Waals surface area (Å²) in [5, 5.41) is 17.2. The molecule has 0 spiro atoms. The number of nitrogens with one attached hydrogen (secondary N) is 3. The Morgan fingerprint density at radius 2 is 1.37 bits per heavy atom. The van der Waals surface area contributed by atoms with E-state index in [1.807, 2.05) is 0 Å². The van der Waals surface area contributed by atoms with E-state index < -0.39 is 53.8 Å². The van der Waals surface area contributed by atoms with E-state index >= 15 is 0 Å². The van der Waals surface area contributed by atoms with Crippen LogP contribution in [0.4, 0.5) is 0 Å². The molecule has 4 amide bonds. The number of carbonyl (C=O) groups is 5. The van der Waals surface area contributed by atoms with Gasteiger partial charge in [0.25, 0.3) is 0 Å². The average molecular weight is 578 g/mol. The van der Waals surface area contributed by atoms with E-state index in [-0.39, 0.29) is 44.6 Å². The van der Waals surface area contributed by atoms with Gasteiger partial charge in [0.1, 0.15) is 18.1 Å². The molecule has 1 aromatic rings. The number of aliphatic carboxylic acids is 1. The number of nitrogens with zero attached hydrogens (tertiary/aromatic N) is 1. The Kier molecular flexibility index (Phi) is 16.1. The molecule has 0 heterocycles. The summed E-state index contributed by atoms with van der Waals surface area (Å²) in [7, 11) is 0. The van der Waals surface area contributed by atoms with Gasteiger partial charge in [-0.15, -0.1) is 0 Å². The highest BCUT2D eigenvalue weighted by Gasteiger charge is 2.30. The molecular weight excluding hydrogens is 534 g/mol. The smallest absolute Gasteiger partial charge is 0.326 e. The molecule has 0 aliphatic rings. The van der Waals surface area contributed by atoms with Gasteiger partial charge in [0.05, 0.1) is 6.04 Å². The third-order valence-corrected chi connectivity index (χ3v) is 6.09. The molecule has 1 aromatic carbocycles. The molecule has 0 aromatic heterocycles. The predicted octanol–water partition coefficient (Wildman–Crippen LogP) is -2.46. The van der Waals surface area contributed by atoms with Crippen LogP contribution in [0, 0.1) is 0 Å². The lowest BCUT2D eigenvalue weighted by molar-refractivity contribution is -0.142. The molecule has 15 nitrogen and oxygen atoms in total. The van der Waals surface area contributed by atoms with Crippen LogP contribution >= 0.6 is 0 Å². The van der Waals surface area contributed by atoms with Gasteiger partial charge in [-0.25, -0.2) is 4.79 Å². The van der Waals surface area contributed by atoms with Gasteiger partial charge in [0.2, 0.25) is 23.6 Å². The number of aliphatic imine (C=N–C) groups is 1. The van der Waals surface area contributed by atoms with Crippen molar-refractivity contribution in [2.45, 2.75) is 75.5 Å². The SMILES string of the molecule is NCCCCC(N)C(=O)NC(CCC(N)=O)C(=O)NC(CCCN=C(N)N)C(=O)NC(Cc1ccccc1)C(=O)O. The second-order valence-corrected chi connectivity index (χ2v) is 9.56. The fourth-order valence-electron chi connectivity index (χ4n) is 3.84. The van der Waals surface area contributed by atoms with E-state index in [2.05, 4.69) is 20.9 Å². The zero-order chi connectivity index (χ0) is 30.8. The molecule has 0 saturated carbocycles. The third-order valence-electron chi connectivity index (χ3n) is 6.09. The maximum absolute atomic E-state index is 13.2. The summed E-state index contributed by atoms with van der Waals surface area (Å²) in [4.78, 5) is 66.3. The highest BCUT2D eigenvalue weighted by molar-refractivity contribution is 5.94. The van der Waals surface area contributed by atoms with Crippen LogP contribution in [0.5, 0.6) is 0 Å². The molecule has 0 radical (unpaired) electrons. The van der Waals surface area contributed by atoms with Gasteiger partial charge in [-0.3, -0.25) is 24.2 Å². The van der Waals surface area contributed by atoms with Crippen molar-refractivity contribution in [2.75, 3.05) is 13.1 Å². The highest BCUT2D eigenvalue weighted by Crippen LogP contribution is 2.08. The van der Waals surface area contributed by atoms with Crippen molar-refractivity contribution in [3.63, 3.8) is 0 Å². The Morgan fingerprint density at radius 1 is 0.780 bits per heavy atom. The quantitative estimate of drug-likeness (QED) is 0.0447. The van der Waals surface area contributed by atoms with Crippen LogP contribution in [0.3, 0.4) is 0 Å². The van der Waals surface area contributed by atoms with Gasteiger partial charge in [-0.1, -0.05) is 36.8 Å². The van der Waals surface area contributed by atoms with Crippen molar-refractivity contribution in [2.24, 2.45) is 33.7 Å². The minimum atomic E-state index is -1.28. The number of unbranched alkanes of at least 4 members (excludes halogenated alkanes) is 1. The molecule has 0 aliphatic heterocycles. The molecule has 4 unspecified atom stereocenters. The van der Waals surface area contributed by atoms with E-state index in [9.17, 15) is 29.1 Å². The van der Waals surface area contributed by atoms with Gasteiger partial charge in [0.15, 0.2) is 5.96 Å². The van der Waals surface area contributed by atoms with Crippen LogP contribution in [0.2, 0.25) is 0 Å². The zero-order valence-electron chi connectivity index (χ0n) is 23.1. The number of nitrogens with two attached hydrogens (primary N) is 5. The maximum atomic E-state index is 13.2. The van der Waals surface area contributed by atoms with E-state index in [0.717, 1.165) is 0 Å². The van der Waals surface area contributed by atoms with Gasteiger partial charge < -0.3 is 49.7 Å². The average Bonchev–Trinajstić information content (AvgIpc) is 2.92. The van der Waals surface area contributed by atoms with Crippen molar-refractivity contribution in [1.29, 1.82) is 0 Å². The molecule has 4 atom stereocenters. The number of hydrogen-bond acceptors (Lipinski definition) is 8. The first kappa shape index (κ1) is 34.8. The lowest BCUT2D eigenvalue weighted by Gasteiger charge is -2.25. The zero-order valence-corrected chi connectivity index (χ0v) is 23.1. The number of hydrogen-bond donors (Lipinski definition) is 9. The fourth-order valence-corrected chi connectivity index (χ4v) is 3.84. The van der Waals surface area contributed by atoms with Crippen molar-refractivity contribution in [1.82, 2.24) is 16.0 Å². The van der Waals surface area contributed by atoms with Crippen LogP contribution in [0.15, 0.2) is 35.3 Å². The first-order chi connectivity index (χ1) is 19.4.